The van der Waals surface area contributed by atoms with E-state index >= 15 is 0 Å². The lowest BCUT2D eigenvalue weighted by molar-refractivity contribution is -0.121. The Labute approximate surface area is 144 Å². The van der Waals surface area contributed by atoms with Crippen LogP contribution in [0.25, 0.3) is 0 Å². The van der Waals surface area contributed by atoms with Gasteiger partial charge in [0.2, 0.25) is 5.91 Å². The molecule has 0 bridgehead atoms. The summed E-state index contributed by atoms with van der Waals surface area (Å²) in [6, 6.07) is 10.9. The van der Waals surface area contributed by atoms with Crippen LogP contribution in [-0.4, -0.2) is 42.1 Å². The number of thioether (sulfide) groups is 1. The average Bonchev–Trinajstić information content (AvgIpc) is 2.54. The van der Waals surface area contributed by atoms with E-state index in [1.807, 2.05) is 17.8 Å². The van der Waals surface area contributed by atoms with Crippen LogP contribution in [0.5, 0.6) is 0 Å². The van der Waals surface area contributed by atoms with Crippen molar-refractivity contribution < 1.29 is 4.79 Å². The number of carbonyl (C=O) groups is 1. The molecule has 0 saturated carbocycles. The lowest BCUT2D eigenvalue weighted by Gasteiger charge is -2.31. The average molecular weight is 336 g/mol. The topological polar surface area (TPSA) is 53.2 Å². The number of rotatable bonds is 7. The monoisotopic (exact) mass is 335 g/mol. The molecule has 128 valence electrons. The Bertz CT molecular complexity index is 486. The molecule has 1 aromatic carbocycles. The van der Waals surface area contributed by atoms with E-state index in [-0.39, 0.29) is 17.5 Å². The zero-order chi connectivity index (χ0) is 16.7. The molecule has 2 rings (SSSR count). The fraction of sp³-hybridized carbons (Fsp3) is 0.611. The summed E-state index contributed by atoms with van der Waals surface area (Å²) in [5.74, 6) is 2.30. The fourth-order valence-electron chi connectivity index (χ4n) is 2.83. The van der Waals surface area contributed by atoms with Gasteiger partial charge in [0.15, 0.2) is 0 Å². The molecule has 4 nitrogen and oxygen atoms in total. The molecule has 1 fully saturated rings. The zero-order valence-corrected chi connectivity index (χ0v) is 15.2. The lowest BCUT2D eigenvalue weighted by atomic mass is 10.0. The van der Waals surface area contributed by atoms with E-state index in [1.54, 1.807) is 0 Å². The summed E-state index contributed by atoms with van der Waals surface area (Å²) in [6.45, 7) is 8.04. The summed E-state index contributed by atoms with van der Waals surface area (Å²) in [7, 11) is 0. The molecular weight excluding hydrogens is 306 g/mol. The summed E-state index contributed by atoms with van der Waals surface area (Å²) in [5.41, 5.74) is 1.11. The van der Waals surface area contributed by atoms with E-state index in [0.29, 0.717) is 19.0 Å². The molecule has 0 aliphatic carbocycles. The SMILES string of the molecule is CC(NC(C)(C)CNC(=O)CC1CSCCN1)c1ccccc1. The van der Waals surface area contributed by atoms with Crippen LogP contribution in [0.15, 0.2) is 30.3 Å². The van der Waals surface area contributed by atoms with Crippen LogP contribution >= 0.6 is 11.8 Å². The van der Waals surface area contributed by atoms with Gasteiger partial charge < -0.3 is 16.0 Å². The first-order chi connectivity index (χ1) is 11.0. The Morgan fingerprint density at radius 1 is 1.39 bits per heavy atom. The molecule has 1 aliphatic rings. The van der Waals surface area contributed by atoms with Crippen LogP contribution in [0, 0.1) is 0 Å². The van der Waals surface area contributed by atoms with Crippen molar-refractivity contribution in [3.63, 3.8) is 0 Å². The highest BCUT2D eigenvalue weighted by Gasteiger charge is 2.23. The van der Waals surface area contributed by atoms with Crippen molar-refractivity contribution in [1.29, 1.82) is 0 Å². The second kappa shape index (κ2) is 8.71. The van der Waals surface area contributed by atoms with Gasteiger partial charge in [0.05, 0.1) is 0 Å². The van der Waals surface area contributed by atoms with Gasteiger partial charge >= 0.3 is 0 Å². The summed E-state index contributed by atoms with van der Waals surface area (Å²) in [4.78, 5) is 12.1. The molecule has 1 heterocycles. The van der Waals surface area contributed by atoms with Gasteiger partial charge in [-0.15, -0.1) is 0 Å². The zero-order valence-electron chi connectivity index (χ0n) is 14.4. The van der Waals surface area contributed by atoms with Crippen molar-refractivity contribution in [3.05, 3.63) is 35.9 Å². The van der Waals surface area contributed by atoms with Crippen LogP contribution in [0.1, 0.15) is 38.8 Å². The Kier molecular flexibility index (Phi) is 6.93. The number of nitrogens with one attached hydrogen (secondary N) is 3. The Hall–Kier alpha value is -1.04. The maximum Gasteiger partial charge on any atom is 0.221 e. The Morgan fingerprint density at radius 2 is 2.13 bits per heavy atom. The normalized spacial score (nSPS) is 20.0. The highest BCUT2D eigenvalue weighted by atomic mass is 32.2. The number of amides is 1. The molecule has 0 aromatic heterocycles. The minimum atomic E-state index is -0.153. The van der Waals surface area contributed by atoms with Crippen molar-refractivity contribution >= 4 is 17.7 Å². The second-order valence-electron chi connectivity index (χ2n) is 6.87. The van der Waals surface area contributed by atoms with Gasteiger partial charge in [-0.1, -0.05) is 30.3 Å². The van der Waals surface area contributed by atoms with E-state index in [0.717, 1.165) is 18.1 Å². The van der Waals surface area contributed by atoms with E-state index in [1.165, 1.54) is 5.56 Å². The maximum absolute atomic E-state index is 12.1. The minimum Gasteiger partial charge on any atom is -0.354 e. The van der Waals surface area contributed by atoms with Gasteiger partial charge in [0.25, 0.3) is 0 Å². The number of hydrogen-bond acceptors (Lipinski definition) is 4. The first-order valence-electron chi connectivity index (χ1n) is 8.37. The molecule has 0 radical (unpaired) electrons. The third kappa shape index (κ3) is 6.53. The van der Waals surface area contributed by atoms with E-state index in [2.05, 4.69) is 61.0 Å². The smallest absolute Gasteiger partial charge is 0.221 e. The number of hydrogen-bond donors (Lipinski definition) is 3. The highest BCUT2D eigenvalue weighted by molar-refractivity contribution is 7.99. The summed E-state index contributed by atoms with van der Waals surface area (Å²) >= 11 is 1.92. The van der Waals surface area contributed by atoms with Gasteiger partial charge in [-0.2, -0.15) is 11.8 Å². The lowest BCUT2D eigenvalue weighted by Crippen LogP contribution is -2.51. The molecule has 1 aliphatic heterocycles. The van der Waals surface area contributed by atoms with Gasteiger partial charge in [-0.3, -0.25) is 4.79 Å². The van der Waals surface area contributed by atoms with Crippen molar-refractivity contribution in [2.45, 2.75) is 44.8 Å². The van der Waals surface area contributed by atoms with Gasteiger partial charge in [-0.05, 0) is 26.3 Å². The predicted molar refractivity (Wildman–Crippen MR) is 98.8 cm³/mol. The molecule has 1 amide bonds. The first-order valence-corrected chi connectivity index (χ1v) is 9.52. The quantitative estimate of drug-likeness (QED) is 0.716. The third-order valence-corrected chi connectivity index (χ3v) is 5.20. The molecule has 0 spiro atoms. The third-order valence-electron chi connectivity index (χ3n) is 4.06. The van der Waals surface area contributed by atoms with E-state index in [9.17, 15) is 4.79 Å². The molecule has 2 atom stereocenters. The summed E-state index contributed by atoms with van der Waals surface area (Å²) < 4.78 is 0. The van der Waals surface area contributed by atoms with Crippen LogP contribution in [0.3, 0.4) is 0 Å². The Balaban J connectivity index is 1.75. The molecule has 2 unspecified atom stereocenters. The maximum atomic E-state index is 12.1. The number of benzene rings is 1. The number of carbonyl (C=O) groups excluding carboxylic acids is 1. The summed E-state index contributed by atoms with van der Waals surface area (Å²) in [6.07, 6.45) is 0.567. The molecular formula is C18H29N3OS. The van der Waals surface area contributed by atoms with E-state index in [4.69, 9.17) is 0 Å². The van der Waals surface area contributed by atoms with Crippen LogP contribution in [0.4, 0.5) is 0 Å². The minimum absolute atomic E-state index is 0.132. The van der Waals surface area contributed by atoms with Gasteiger partial charge in [0, 0.05) is 48.6 Å². The van der Waals surface area contributed by atoms with Crippen molar-refractivity contribution in [1.82, 2.24) is 16.0 Å². The van der Waals surface area contributed by atoms with Crippen molar-refractivity contribution in [3.8, 4) is 0 Å². The van der Waals surface area contributed by atoms with Gasteiger partial charge in [-0.25, -0.2) is 0 Å². The fourth-order valence-corrected chi connectivity index (χ4v) is 3.78. The van der Waals surface area contributed by atoms with E-state index < -0.39 is 0 Å². The first kappa shape index (κ1) is 18.3. The second-order valence-corrected chi connectivity index (χ2v) is 8.02. The Morgan fingerprint density at radius 3 is 2.78 bits per heavy atom. The van der Waals surface area contributed by atoms with Crippen LogP contribution in [0.2, 0.25) is 0 Å². The standard InChI is InChI=1S/C18H29N3OS/c1-14(15-7-5-4-6-8-15)21-18(2,3)13-20-17(22)11-16-12-23-10-9-19-16/h4-8,14,16,19,21H,9-13H2,1-3H3,(H,20,22). The largest absolute Gasteiger partial charge is 0.354 e. The van der Waals surface area contributed by atoms with Crippen LogP contribution < -0.4 is 16.0 Å². The van der Waals surface area contributed by atoms with Gasteiger partial charge in [0.1, 0.15) is 0 Å². The molecule has 1 saturated heterocycles. The highest BCUT2D eigenvalue weighted by Crippen LogP contribution is 2.16. The molecule has 23 heavy (non-hydrogen) atoms. The molecule has 5 heteroatoms. The summed E-state index contributed by atoms with van der Waals surface area (Å²) in [5, 5.41) is 10.1. The van der Waals surface area contributed by atoms with Crippen molar-refractivity contribution in [2.24, 2.45) is 0 Å². The van der Waals surface area contributed by atoms with Crippen LogP contribution in [-0.2, 0) is 4.79 Å². The molecule has 1 aromatic rings. The van der Waals surface area contributed by atoms with Crippen molar-refractivity contribution in [2.75, 3.05) is 24.6 Å². The predicted octanol–water partition coefficient (Wildman–Crippen LogP) is 2.33. The molecule has 3 N–H and O–H groups in total.